The van der Waals surface area contributed by atoms with Gasteiger partial charge in [0, 0.05) is 0 Å². The average Bonchev–Trinajstić information content (AvgIpc) is 2.28. The van der Waals surface area contributed by atoms with E-state index in [0.717, 1.165) is 30.1 Å². The first-order valence-corrected chi connectivity index (χ1v) is 5.85. The molecular weight excluding hydrogens is 208 g/mol. The number of aryl methyl sites for hydroxylation is 1. The lowest BCUT2D eigenvalue weighted by Gasteiger charge is -2.10. The SMILES string of the molecule is CCOc1ccc(CCCS)cc1OC. The number of benzene rings is 1. The molecule has 0 fully saturated rings. The van der Waals surface area contributed by atoms with E-state index < -0.39 is 0 Å². The fourth-order valence-electron chi connectivity index (χ4n) is 1.43. The normalized spacial score (nSPS) is 10.1. The van der Waals surface area contributed by atoms with E-state index in [1.807, 2.05) is 19.1 Å². The van der Waals surface area contributed by atoms with Gasteiger partial charge in [0.15, 0.2) is 11.5 Å². The van der Waals surface area contributed by atoms with E-state index >= 15 is 0 Å². The maximum absolute atomic E-state index is 5.45. The van der Waals surface area contributed by atoms with E-state index in [4.69, 9.17) is 9.47 Å². The van der Waals surface area contributed by atoms with Gasteiger partial charge in [0.25, 0.3) is 0 Å². The summed E-state index contributed by atoms with van der Waals surface area (Å²) in [6.07, 6.45) is 2.12. The molecule has 0 unspecified atom stereocenters. The third-order valence-electron chi connectivity index (χ3n) is 2.15. The second kappa shape index (κ2) is 6.62. The lowest BCUT2D eigenvalue weighted by Crippen LogP contribution is -1.96. The zero-order valence-electron chi connectivity index (χ0n) is 9.32. The second-order valence-electron chi connectivity index (χ2n) is 3.25. The van der Waals surface area contributed by atoms with Gasteiger partial charge in [0.2, 0.25) is 0 Å². The Kier molecular flexibility index (Phi) is 5.40. The summed E-state index contributed by atoms with van der Waals surface area (Å²) in [6, 6.07) is 6.08. The van der Waals surface area contributed by atoms with Crippen molar-refractivity contribution in [2.75, 3.05) is 19.5 Å². The molecule has 0 atom stereocenters. The zero-order chi connectivity index (χ0) is 11.1. The third-order valence-corrected chi connectivity index (χ3v) is 2.47. The number of hydrogen-bond donors (Lipinski definition) is 1. The number of methoxy groups -OCH3 is 1. The van der Waals surface area contributed by atoms with Gasteiger partial charge in [-0.25, -0.2) is 0 Å². The predicted octanol–water partition coefficient (Wildman–Crippen LogP) is 2.96. The van der Waals surface area contributed by atoms with E-state index in [1.54, 1.807) is 7.11 Å². The maximum atomic E-state index is 5.45. The quantitative estimate of drug-likeness (QED) is 0.752. The first kappa shape index (κ1) is 12.2. The van der Waals surface area contributed by atoms with Crippen molar-refractivity contribution in [3.8, 4) is 11.5 Å². The topological polar surface area (TPSA) is 18.5 Å². The van der Waals surface area contributed by atoms with Crippen LogP contribution in [0.4, 0.5) is 0 Å². The monoisotopic (exact) mass is 226 g/mol. The van der Waals surface area contributed by atoms with E-state index in [9.17, 15) is 0 Å². The molecule has 0 aliphatic rings. The summed E-state index contributed by atoms with van der Waals surface area (Å²) in [7, 11) is 1.67. The second-order valence-corrected chi connectivity index (χ2v) is 3.69. The Labute approximate surface area is 97.0 Å². The minimum atomic E-state index is 0.659. The molecule has 0 spiro atoms. The van der Waals surface area contributed by atoms with Crippen LogP contribution in [0.15, 0.2) is 18.2 Å². The number of thiol groups is 1. The minimum Gasteiger partial charge on any atom is -0.493 e. The highest BCUT2D eigenvalue weighted by Crippen LogP contribution is 2.28. The summed E-state index contributed by atoms with van der Waals surface area (Å²) in [4.78, 5) is 0. The predicted molar refractivity (Wildman–Crippen MR) is 66.3 cm³/mol. The van der Waals surface area contributed by atoms with Crippen LogP contribution in [0.5, 0.6) is 11.5 Å². The first-order chi connectivity index (χ1) is 7.31. The largest absolute Gasteiger partial charge is 0.493 e. The van der Waals surface area contributed by atoms with E-state index in [-0.39, 0.29) is 0 Å². The molecule has 84 valence electrons. The van der Waals surface area contributed by atoms with Crippen LogP contribution in [0.1, 0.15) is 18.9 Å². The fraction of sp³-hybridized carbons (Fsp3) is 0.500. The molecule has 15 heavy (non-hydrogen) atoms. The molecule has 1 rings (SSSR count). The molecule has 3 heteroatoms. The first-order valence-electron chi connectivity index (χ1n) is 5.22. The summed E-state index contributed by atoms with van der Waals surface area (Å²) >= 11 is 4.20. The summed E-state index contributed by atoms with van der Waals surface area (Å²) < 4.78 is 10.7. The molecule has 1 aromatic rings. The van der Waals surface area contributed by atoms with Crippen LogP contribution in [0.2, 0.25) is 0 Å². The van der Waals surface area contributed by atoms with Crippen molar-refractivity contribution in [1.82, 2.24) is 0 Å². The minimum absolute atomic E-state index is 0.659. The molecule has 1 aromatic carbocycles. The van der Waals surface area contributed by atoms with Gasteiger partial charge < -0.3 is 9.47 Å². The van der Waals surface area contributed by atoms with Crippen molar-refractivity contribution in [1.29, 1.82) is 0 Å². The summed E-state index contributed by atoms with van der Waals surface area (Å²) in [6.45, 7) is 2.63. The Balaban J connectivity index is 2.77. The summed E-state index contributed by atoms with van der Waals surface area (Å²) in [5.74, 6) is 2.54. The van der Waals surface area contributed by atoms with E-state index in [0.29, 0.717) is 6.61 Å². The molecule has 0 aliphatic carbocycles. The molecule has 0 radical (unpaired) electrons. The Morgan fingerprint density at radius 1 is 1.27 bits per heavy atom. The average molecular weight is 226 g/mol. The van der Waals surface area contributed by atoms with Gasteiger partial charge in [0.05, 0.1) is 13.7 Å². The van der Waals surface area contributed by atoms with Gasteiger partial charge in [-0.05, 0) is 43.2 Å². The van der Waals surface area contributed by atoms with Crippen molar-refractivity contribution in [2.24, 2.45) is 0 Å². The van der Waals surface area contributed by atoms with Crippen molar-refractivity contribution < 1.29 is 9.47 Å². The molecule has 2 nitrogen and oxygen atoms in total. The molecule has 0 aliphatic heterocycles. The van der Waals surface area contributed by atoms with Gasteiger partial charge in [-0.2, -0.15) is 12.6 Å². The Morgan fingerprint density at radius 2 is 2.07 bits per heavy atom. The van der Waals surface area contributed by atoms with E-state index in [1.165, 1.54) is 5.56 Å². The Hall–Kier alpha value is -0.830. The van der Waals surface area contributed by atoms with Crippen molar-refractivity contribution in [2.45, 2.75) is 19.8 Å². The molecule has 0 heterocycles. The van der Waals surface area contributed by atoms with Crippen LogP contribution >= 0.6 is 12.6 Å². The smallest absolute Gasteiger partial charge is 0.161 e. The van der Waals surface area contributed by atoms with Crippen LogP contribution < -0.4 is 9.47 Å². The van der Waals surface area contributed by atoms with Crippen LogP contribution in [-0.4, -0.2) is 19.5 Å². The molecule has 0 saturated heterocycles. The van der Waals surface area contributed by atoms with Gasteiger partial charge in [-0.3, -0.25) is 0 Å². The molecule has 0 amide bonds. The number of hydrogen-bond acceptors (Lipinski definition) is 3. The van der Waals surface area contributed by atoms with Crippen LogP contribution in [0.25, 0.3) is 0 Å². The highest BCUT2D eigenvalue weighted by molar-refractivity contribution is 7.80. The van der Waals surface area contributed by atoms with Crippen LogP contribution in [0.3, 0.4) is 0 Å². The highest BCUT2D eigenvalue weighted by Gasteiger charge is 2.04. The van der Waals surface area contributed by atoms with Crippen LogP contribution in [-0.2, 0) is 6.42 Å². The Morgan fingerprint density at radius 3 is 2.67 bits per heavy atom. The van der Waals surface area contributed by atoms with Crippen molar-refractivity contribution >= 4 is 12.6 Å². The number of ether oxygens (including phenoxy) is 2. The molecule has 0 saturated carbocycles. The molecule has 0 bridgehead atoms. The van der Waals surface area contributed by atoms with Gasteiger partial charge >= 0.3 is 0 Å². The van der Waals surface area contributed by atoms with Gasteiger partial charge in [0.1, 0.15) is 0 Å². The maximum Gasteiger partial charge on any atom is 0.161 e. The van der Waals surface area contributed by atoms with Gasteiger partial charge in [-0.1, -0.05) is 6.07 Å². The Bertz CT molecular complexity index is 300. The number of rotatable bonds is 6. The van der Waals surface area contributed by atoms with E-state index in [2.05, 4.69) is 18.7 Å². The standard InChI is InChI=1S/C12H18O2S/c1-3-14-11-7-6-10(5-4-8-15)9-12(11)13-2/h6-7,9,15H,3-5,8H2,1-2H3. The summed E-state index contributed by atoms with van der Waals surface area (Å²) in [5, 5.41) is 0. The molecule has 0 N–H and O–H groups in total. The van der Waals surface area contributed by atoms with Crippen molar-refractivity contribution in [3.63, 3.8) is 0 Å². The van der Waals surface area contributed by atoms with Gasteiger partial charge in [-0.15, -0.1) is 0 Å². The summed E-state index contributed by atoms with van der Waals surface area (Å²) in [5.41, 5.74) is 1.27. The zero-order valence-corrected chi connectivity index (χ0v) is 10.2. The molecular formula is C12H18O2S. The third kappa shape index (κ3) is 3.67. The lowest BCUT2D eigenvalue weighted by atomic mass is 10.1. The van der Waals surface area contributed by atoms with Crippen molar-refractivity contribution in [3.05, 3.63) is 23.8 Å². The van der Waals surface area contributed by atoms with Crippen LogP contribution in [0, 0.1) is 0 Å². The highest BCUT2D eigenvalue weighted by atomic mass is 32.1. The lowest BCUT2D eigenvalue weighted by molar-refractivity contribution is 0.310. The fourth-order valence-corrected chi connectivity index (χ4v) is 1.58. The molecule has 0 aromatic heterocycles.